The highest BCUT2D eigenvalue weighted by molar-refractivity contribution is 5.50. The molecule has 0 unspecified atom stereocenters. The van der Waals surface area contributed by atoms with Gasteiger partial charge < -0.3 is 5.11 Å². The largest absolute Gasteiger partial charge is 0.507 e. The lowest BCUT2D eigenvalue weighted by molar-refractivity contribution is -0.162. The summed E-state index contributed by atoms with van der Waals surface area (Å²) in [6.45, 7) is 0. The molecular weight excluding hydrogens is 252 g/mol. The quantitative estimate of drug-likeness (QED) is 0.723. The molecule has 1 aromatic rings. The third-order valence-electron chi connectivity index (χ3n) is 1.87. The number of benzene rings is 1. The molecule has 92 valence electrons. The number of rotatable bonds is 0. The minimum atomic E-state index is -5.27. The highest BCUT2D eigenvalue weighted by Crippen LogP contribution is 2.42. The first-order chi connectivity index (χ1) is 7.57. The number of hydrogen-bond donors (Lipinski definition) is 1. The fourth-order valence-corrected chi connectivity index (χ4v) is 1.15. The van der Waals surface area contributed by atoms with Crippen molar-refractivity contribution in [3.05, 3.63) is 28.8 Å². The average molecular weight is 255 g/mol. The Morgan fingerprint density at radius 2 is 1.35 bits per heavy atom. The van der Waals surface area contributed by atoms with Gasteiger partial charge in [0.2, 0.25) is 0 Å². The smallest absolute Gasteiger partial charge is 0.417 e. The number of aromatic hydroxyl groups is 1. The summed E-state index contributed by atoms with van der Waals surface area (Å²) < 4.78 is 73.9. The average Bonchev–Trinajstić information content (AvgIpc) is 2.14. The first-order valence-electron chi connectivity index (χ1n) is 3.99. The molecular formula is C9H3F6NO. The molecule has 0 amide bonds. The molecule has 0 saturated heterocycles. The Morgan fingerprint density at radius 1 is 0.941 bits per heavy atom. The zero-order valence-electron chi connectivity index (χ0n) is 7.82. The lowest BCUT2D eigenvalue weighted by Gasteiger charge is -2.16. The SMILES string of the molecule is N#Cc1cc(C(F)(F)F)c(C(F)(F)F)cc1O. The molecule has 0 fully saturated rings. The van der Waals surface area contributed by atoms with Crippen molar-refractivity contribution >= 4 is 0 Å². The van der Waals surface area contributed by atoms with Crippen molar-refractivity contribution in [1.82, 2.24) is 0 Å². The minimum Gasteiger partial charge on any atom is -0.507 e. The Labute approximate surface area is 90.7 Å². The van der Waals surface area contributed by atoms with Crippen molar-refractivity contribution in [3.63, 3.8) is 0 Å². The summed E-state index contributed by atoms with van der Waals surface area (Å²) in [5, 5.41) is 17.3. The van der Waals surface area contributed by atoms with Crippen LogP contribution >= 0.6 is 0 Å². The number of halogens is 6. The van der Waals surface area contributed by atoms with Crippen LogP contribution in [-0.4, -0.2) is 5.11 Å². The summed E-state index contributed by atoms with van der Waals surface area (Å²) in [4.78, 5) is 0. The number of alkyl halides is 6. The zero-order chi connectivity index (χ0) is 13.4. The molecule has 0 aliphatic rings. The van der Waals surface area contributed by atoms with Crippen LogP contribution in [0.25, 0.3) is 0 Å². The first-order valence-corrected chi connectivity index (χ1v) is 3.99. The lowest BCUT2D eigenvalue weighted by atomic mass is 10.0. The van der Waals surface area contributed by atoms with Crippen molar-refractivity contribution in [1.29, 1.82) is 5.26 Å². The molecule has 0 radical (unpaired) electrons. The Morgan fingerprint density at radius 3 is 1.71 bits per heavy atom. The summed E-state index contributed by atoms with van der Waals surface area (Å²) >= 11 is 0. The van der Waals surface area contributed by atoms with Crippen molar-refractivity contribution in [2.45, 2.75) is 12.4 Å². The summed E-state index contributed by atoms with van der Waals surface area (Å²) in [5.74, 6) is -1.15. The van der Waals surface area contributed by atoms with Crippen LogP contribution < -0.4 is 0 Å². The van der Waals surface area contributed by atoms with Gasteiger partial charge in [0.1, 0.15) is 11.8 Å². The maximum absolute atomic E-state index is 12.3. The van der Waals surface area contributed by atoms with E-state index < -0.39 is 34.8 Å². The Balaban J connectivity index is 3.61. The molecule has 1 N–H and O–H groups in total. The number of nitriles is 1. The predicted octanol–water partition coefficient (Wildman–Crippen LogP) is 3.30. The van der Waals surface area contributed by atoms with E-state index >= 15 is 0 Å². The van der Waals surface area contributed by atoms with Crippen molar-refractivity contribution < 1.29 is 31.4 Å². The third kappa shape index (κ3) is 2.61. The van der Waals surface area contributed by atoms with Crippen LogP contribution in [-0.2, 0) is 12.4 Å². The van der Waals surface area contributed by atoms with E-state index in [1.54, 1.807) is 0 Å². The maximum atomic E-state index is 12.3. The molecule has 0 atom stereocenters. The van der Waals surface area contributed by atoms with Crippen molar-refractivity contribution in [2.24, 2.45) is 0 Å². The van der Waals surface area contributed by atoms with Gasteiger partial charge in [-0.3, -0.25) is 0 Å². The zero-order valence-corrected chi connectivity index (χ0v) is 7.82. The predicted molar refractivity (Wildman–Crippen MR) is 42.8 cm³/mol. The Hall–Kier alpha value is -1.91. The van der Waals surface area contributed by atoms with Gasteiger partial charge in [-0.15, -0.1) is 0 Å². The molecule has 0 aliphatic heterocycles. The van der Waals surface area contributed by atoms with E-state index in [0.717, 1.165) is 0 Å². The van der Waals surface area contributed by atoms with Crippen LogP contribution in [0.1, 0.15) is 16.7 Å². The van der Waals surface area contributed by atoms with Crippen molar-refractivity contribution in [2.75, 3.05) is 0 Å². The van der Waals surface area contributed by atoms with Gasteiger partial charge in [-0.1, -0.05) is 0 Å². The van der Waals surface area contributed by atoms with Gasteiger partial charge in [-0.05, 0) is 12.1 Å². The van der Waals surface area contributed by atoms with E-state index in [4.69, 9.17) is 10.4 Å². The van der Waals surface area contributed by atoms with Gasteiger partial charge in [-0.2, -0.15) is 31.6 Å². The van der Waals surface area contributed by atoms with E-state index in [2.05, 4.69) is 0 Å². The summed E-state index contributed by atoms with van der Waals surface area (Å²) in [6, 6.07) is 1.03. The summed E-state index contributed by atoms with van der Waals surface area (Å²) in [6.07, 6.45) is -10.5. The number of phenolic OH excluding ortho intramolecular Hbond substituents is 1. The molecule has 0 saturated carbocycles. The van der Waals surface area contributed by atoms with Crippen LogP contribution in [0.15, 0.2) is 12.1 Å². The van der Waals surface area contributed by atoms with E-state index in [-0.39, 0.29) is 12.1 Å². The monoisotopic (exact) mass is 255 g/mol. The third-order valence-corrected chi connectivity index (χ3v) is 1.87. The lowest BCUT2D eigenvalue weighted by Crippen LogP contribution is -2.16. The highest BCUT2D eigenvalue weighted by atomic mass is 19.4. The molecule has 1 aromatic carbocycles. The molecule has 0 bridgehead atoms. The van der Waals surface area contributed by atoms with Crippen LogP contribution in [0.5, 0.6) is 5.75 Å². The second-order valence-electron chi connectivity index (χ2n) is 3.02. The number of hydrogen-bond acceptors (Lipinski definition) is 2. The summed E-state index contributed by atoms with van der Waals surface area (Å²) in [7, 11) is 0. The minimum absolute atomic E-state index is 0.0296. The van der Waals surface area contributed by atoms with Crippen molar-refractivity contribution in [3.8, 4) is 11.8 Å². The molecule has 0 spiro atoms. The molecule has 1 rings (SSSR count). The van der Waals surface area contributed by atoms with Crippen LogP contribution in [0.3, 0.4) is 0 Å². The molecule has 0 heterocycles. The molecule has 8 heteroatoms. The second-order valence-corrected chi connectivity index (χ2v) is 3.02. The molecule has 0 aromatic heterocycles. The van der Waals surface area contributed by atoms with Gasteiger partial charge in [0.15, 0.2) is 0 Å². The van der Waals surface area contributed by atoms with E-state index in [0.29, 0.717) is 0 Å². The van der Waals surface area contributed by atoms with Crippen LogP contribution in [0.4, 0.5) is 26.3 Å². The molecule has 17 heavy (non-hydrogen) atoms. The van der Waals surface area contributed by atoms with Gasteiger partial charge >= 0.3 is 12.4 Å². The van der Waals surface area contributed by atoms with Crippen LogP contribution in [0, 0.1) is 11.3 Å². The number of phenols is 1. The fraction of sp³-hybridized carbons (Fsp3) is 0.222. The van der Waals surface area contributed by atoms with Gasteiger partial charge in [0, 0.05) is 0 Å². The van der Waals surface area contributed by atoms with Crippen LogP contribution in [0.2, 0.25) is 0 Å². The molecule has 2 nitrogen and oxygen atoms in total. The second kappa shape index (κ2) is 3.84. The normalized spacial score (nSPS) is 12.3. The highest BCUT2D eigenvalue weighted by Gasteiger charge is 2.43. The Bertz CT molecular complexity index is 482. The van der Waals surface area contributed by atoms with Gasteiger partial charge in [0.05, 0.1) is 16.7 Å². The molecule has 0 aliphatic carbocycles. The maximum Gasteiger partial charge on any atom is 0.417 e. The van der Waals surface area contributed by atoms with E-state index in [1.165, 1.54) is 6.07 Å². The Kier molecular flexibility index (Phi) is 2.97. The topological polar surface area (TPSA) is 44.0 Å². The van der Waals surface area contributed by atoms with Gasteiger partial charge in [-0.25, -0.2) is 0 Å². The van der Waals surface area contributed by atoms with E-state index in [1.807, 2.05) is 0 Å². The van der Waals surface area contributed by atoms with Gasteiger partial charge in [0.25, 0.3) is 0 Å². The summed E-state index contributed by atoms with van der Waals surface area (Å²) in [5.41, 5.74) is -4.90. The first kappa shape index (κ1) is 13.2. The standard InChI is InChI=1S/C9H3F6NO/c10-8(11,12)5-1-4(3-16)7(17)2-6(5)9(13,14)15/h1-2,17H. The van der Waals surface area contributed by atoms with E-state index in [9.17, 15) is 26.3 Å². The number of nitrogens with zero attached hydrogens (tertiary/aromatic N) is 1. The fourth-order valence-electron chi connectivity index (χ4n) is 1.15.